The molecule has 0 N–H and O–H groups in total. The third-order valence-corrected chi connectivity index (χ3v) is 2.06. The van der Waals surface area contributed by atoms with Crippen LogP contribution in [-0.2, 0) is 19.2 Å². The van der Waals surface area contributed by atoms with Crippen LogP contribution in [0.5, 0.6) is 0 Å². The Morgan fingerprint density at radius 2 is 1.47 bits per heavy atom. The van der Waals surface area contributed by atoms with Crippen LogP contribution in [0.4, 0.5) is 4.39 Å². The van der Waals surface area contributed by atoms with Gasteiger partial charge in [0.25, 0.3) is 0 Å². The lowest BCUT2D eigenvalue weighted by atomic mass is 10.1. The largest absolute Gasteiger partial charge is 0.245 e. The first-order chi connectivity index (χ1) is 9.21. The van der Waals surface area contributed by atoms with Gasteiger partial charge in [0.15, 0.2) is 6.17 Å². The second kappa shape index (κ2) is 10.6. The van der Waals surface area contributed by atoms with Crippen LogP contribution in [-0.4, -0.2) is 49.2 Å². The van der Waals surface area contributed by atoms with E-state index >= 15 is 0 Å². The molecule has 0 saturated heterocycles. The van der Waals surface area contributed by atoms with Crippen LogP contribution in [0.15, 0.2) is 20.0 Å². The van der Waals surface area contributed by atoms with Gasteiger partial charge in [-0.2, -0.15) is 15.0 Å². The van der Waals surface area contributed by atoms with Crippen molar-refractivity contribution in [3.63, 3.8) is 0 Å². The minimum absolute atomic E-state index is 0.0556. The first-order valence-corrected chi connectivity index (χ1v) is 5.09. The highest BCUT2D eigenvalue weighted by Gasteiger charge is 2.29. The Bertz CT molecular complexity index is 454. The number of aliphatic imine (C=N–C) groups is 4. The van der Waals surface area contributed by atoms with E-state index in [0.29, 0.717) is 0 Å². The van der Waals surface area contributed by atoms with E-state index in [1.54, 1.807) is 0 Å². The molecule has 0 aliphatic heterocycles. The molecule has 19 heavy (non-hydrogen) atoms. The summed E-state index contributed by atoms with van der Waals surface area (Å²) in [5.74, 6) is 0. The fourth-order valence-electron chi connectivity index (χ4n) is 1.27. The molecule has 8 nitrogen and oxygen atoms in total. The summed E-state index contributed by atoms with van der Waals surface area (Å²) in [6, 6.07) is -1.47. The van der Waals surface area contributed by atoms with Gasteiger partial charge in [0.1, 0.15) is 12.2 Å². The molecule has 9 heteroatoms. The van der Waals surface area contributed by atoms with Crippen LogP contribution in [0.3, 0.4) is 0 Å². The van der Waals surface area contributed by atoms with Crippen molar-refractivity contribution in [2.45, 2.75) is 31.2 Å². The first kappa shape index (κ1) is 16.4. The van der Waals surface area contributed by atoms with E-state index in [1.807, 2.05) is 0 Å². The fraction of sp³-hybridized carbons (Fsp3) is 0.600. The molecule has 0 heterocycles. The smallest absolute Gasteiger partial charge is 0.237 e. The van der Waals surface area contributed by atoms with Crippen LogP contribution < -0.4 is 0 Å². The third-order valence-electron chi connectivity index (χ3n) is 2.06. The second-order valence-corrected chi connectivity index (χ2v) is 3.20. The van der Waals surface area contributed by atoms with E-state index in [1.165, 1.54) is 6.08 Å². The number of nitrogens with zero attached hydrogens (tertiary/aromatic N) is 4. The van der Waals surface area contributed by atoms with Gasteiger partial charge in [-0.1, -0.05) is 0 Å². The predicted molar refractivity (Wildman–Crippen MR) is 59.1 cm³/mol. The van der Waals surface area contributed by atoms with Crippen molar-refractivity contribution in [2.24, 2.45) is 20.0 Å². The minimum atomic E-state index is -1.72. The van der Waals surface area contributed by atoms with Crippen molar-refractivity contribution in [1.82, 2.24) is 0 Å². The highest BCUT2D eigenvalue weighted by Crippen LogP contribution is 2.17. The van der Waals surface area contributed by atoms with Gasteiger partial charge in [-0.3, -0.25) is 0 Å². The van der Waals surface area contributed by atoms with E-state index in [-0.39, 0.29) is 19.4 Å². The quantitative estimate of drug-likeness (QED) is 0.335. The van der Waals surface area contributed by atoms with Gasteiger partial charge in [-0.05, 0) is 12.8 Å². The standard InChI is InChI=1S/C10H9FN4O4/c11-8(2-1-3-12-4-16)9(13-5-17)10(14-6-18)15-7-19/h8-10H,1-3H2. The average Bonchev–Trinajstić information content (AvgIpc) is 2.40. The Balaban J connectivity index is 4.85. The molecule has 0 amide bonds. The molecule has 100 valence electrons. The van der Waals surface area contributed by atoms with Gasteiger partial charge >= 0.3 is 0 Å². The molecule has 0 radical (unpaired) electrons. The molecular formula is C10H9FN4O4. The van der Waals surface area contributed by atoms with E-state index < -0.39 is 18.4 Å². The fourth-order valence-corrected chi connectivity index (χ4v) is 1.27. The van der Waals surface area contributed by atoms with Crippen molar-refractivity contribution in [2.75, 3.05) is 6.54 Å². The van der Waals surface area contributed by atoms with Crippen LogP contribution in [0, 0.1) is 0 Å². The number of hydrogen-bond acceptors (Lipinski definition) is 8. The predicted octanol–water partition coefficient (Wildman–Crippen LogP) is 0.143. The van der Waals surface area contributed by atoms with E-state index in [0.717, 1.165) is 18.2 Å². The average molecular weight is 268 g/mol. The summed E-state index contributed by atoms with van der Waals surface area (Å²) < 4.78 is 13.8. The zero-order valence-electron chi connectivity index (χ0n) is 9.65. The lowest BCUT2D eigenvalue weighted by Crippen LogP contribution is -2.31. The SMILES string of the molecule is O=C=NCCCC(F)C(N=C=O)C(N=C=O)N=C=O. The second-order valence-electron chi connectivity index (χ2n) is 3.20. The van der Waals surface area contributed by atoms with Crippen LogP contribution >= 0.6 is 0 Å². The molecule has 0 rings (SSSR count). The topological polar surface area (TPSA) is 118 Å². The molecule has 0 aromatic carbocycles. The van der Waals surface area contributed by atoms with Crippen LogP contribution in [0.25, 0.3) is 0 Å². The van der Waals surface area contributed by atoms with Crippen molar-refractivity contribution in [3.05, 3.63) is 0 Å². The van der Waals surface area contributed by atoms with Gasteiger partial charge in [-0.25, -0.2) is 28.6 Å². The maximum Gasteiger partial charge on any atom is 0.237 e. The summed E-state index contributed by atoms with van der Waals surface area (Å²) in [6.07, 6.45) is 1.43. The molecule has 2 unspecified atom stereocenters. The first-order valence-electron chi connectivity index (χ1n) is 5.09. The lowest BCUT2D eigenvalue weighted by molar-refractivity contribution is 0.243. The number of hydrogen-bond donors (Lipinski definition) is 0. The molecule has 0 fully saturated rings. The van der Waals surface area contributed by atoms with Gasteiger partial charge in [0.2, 0.25) is 24.3 Å². The highest BCUT2D eigenvalue weighted by atomic mass is 19.1. The summed E-state index contributed by atoms with van der Waals surface area (Å²) in [6.45, 7) is 0.0556. The summed E-state index contributed by atoms with van der Waals surface area (Å²) >= 11 is 0. The number of isocyanates is 4. The Kier molecular flexibility index (Phi) is 9.17. The number of halogens is 1. The van der Waals surface area contributed by atoms with E-state index in [2.05, 4.69) is 20.0 Å². The zero-order chi connectivity index (χ0) is 14.5. The summed E-state index contributed by atoms with van der Waals surface area (Å²) in [7, 11) is 0. The molecule has 0 aliphatic carbocycles. The van der Waals surface area contributed by atoms with Gasteiger partial charge < -0.3 is 0 Å². The van der Waals surface area contributed by atoms with Crippen LogP contribution in [0.2, 0.25) is 0 Å². The van der Waals surface area contributed by atoms with E-state index in [4.69, 9.17) is 0 Å². The highest BCUT2D eigenvalue weighted by molar-refractivity contribution is 5.39. The maximum atomic E-state index is 13.8. The van der Waals surface area contributed by atoms with Crippen molar-refractivity contribution >= 4 is 24.3 Å². The molecule has 0 aliphatic rings. The third kappa shape index (κ3) is 6.68. The lowest BCUT2D eigenvalue weighted by Gasteiger charge is -2.16. The number of rotatable bonds is 9. The summed E-state index contributed by atoms with van der Waals surface area (Å²) in [5.41, 5.74) is 0. The minimum Gasteiger partial charge on any atom is -0.245 e. The monoisotopic (exact) mass is 268 g/mol. The molecular weight excluding hydrogens is 259 g/mol. The summed E-state index contributed by atoms with van der Waals surface area (Å²) in [5, 5.41) is 0. The van der Waals surface area contributed by atoms with Gasteiger partial charge in [0, 0.05) is 0 Å². The molecule has 0 bridgehead atoms. The molecule has 2 atom stereocenters. The Labute approximate surface area is 106 Å². The molecule has 0 aromatic rings. The molecule has 0 aromatic heterocycles. The van der Waals surface area contributed by atoms with E-state index in [9.17, 15) is 23.6 Å². The zero-order valence-corrected chi connectivity index (χ0v) is 9.65. The molecule has 0 saturated carbocycles. The summed E-state index contributed by atoms with van der Waals surface area (Å²) in [4.78, 5) is 52.7. The Morgan fingerprint density at radius 3 is 1.95 bits per heavy atom. The number of alkyl halides is 1. The van der Waals surface area contributed by atoms with Gasteiger partial charge in [-0.15, -0.1) is 0 Å². The molecule has 0 spiro atoms. The van der Waals surface area contributed by atoms with Crippen molar-refractivity contribution in [1.29, 1.82) is 0 Å². The van der Waals surface area contributed by atoms with Crippen molar-refractivity contribution < 1.29 is 23.6 Å². The van der Waals surface area contributed by atoms with Gasteiger partial charge in [0.05, 0.1) is 6.54 Å². The normalized spacial score (nSPS) is 13.5. The van der Waals surface area contributed by atoms with Crippen LogP contribution in [0.1, 0.15) is 12.8 Å². The van der Waals surface area contributed by atoms with Crippen molar-refractivity contribution in [3.8, 4) is 0 Å². The number of carbonyl (C=O) groups excluding carboxylic acids is 4. The maximum absolute atomic E-state index is 13.8. The Morgan fingerprint density at radius 1 is 0.895 bits per heavy atom. The Hall–Kier alpha value is -2.55.